The van der Waals surface area contributed by atoms with E-state index >= 15 is 0 Å². The first-order valence-electron chi connectivity index (χ1n) is 7.83. The summed E-state index contributed by atoms with van der Waals surface area (Å²) in [7, 11) is 0. The van der Waals surface area contributed by atoms with Gasteiger partial charge >= 0.3 is 0 Å². The van der Waals surface area contributed by atoms with Crippen molar-refractivity contribution in [3.05, 3.63) is 47.0 Å². The molecule has 5 nitrogen and oxygen atoms in total. The Morgan fingerprint density at radius 1 is 1.35 bits per heavy atom. The predicted molar refractivity (Wildman–Crippen MR) is 93.6 cm³/mol. The van der Waals surface area contributed by atoms with Gasteiger partial charge in [-0.15, -0.1) is 11.3 Å². The lowest BCUT2D eigenvalue weighted by atomic mass is 10.0. The summed E-state index contributed by atoms with van der Waals surface area (Å²) in [5.41, 5.74) is 7.71. The number of amides is 1. The number of thiazole rings is 1. The van der Waals surface area contributed by atoms with E-state index in [2.05, 4.69) is 27.1 Å². The first-order chi connectivity index (χ1) is 11.1. The summed E-state index contributed by atoms with van der Waals surface area (Å²) < 4.78 is 0. The molecule has 122 valence electrons. The van der Waals surface area contributed by atoms with Gasteiger partial charge in [0.25, 0.3) is 0 Å². The summed E-state index contributed by atoms with van der Waals surface area (Å²) in [6.45, 7) is 6.63. The van der Waals surface area contributed by atoms with Crippen LogP contribution in [0.1, 0.15) is 24.2 Å². The van der Waals surface area contributed by atoms with Crippen molar-refractivity contribution in [2.75, 3.05) is 24.5 Å². The van der Waals surface area contributed by atoms with Crippen LogP contribution in [0.25, 0.3) is 0 Å². The molecule has 0 saturated carbocycles. The fourth-order valence-electron chi connectivity index (χ4n) is 3.17. The van der Waals surface area contributed by atoms with E-state index in [4.69, 9.17) is 5.73 Å². The number of carbonyl (C=O) groups excluding carboxylic acids is 1. The van der Waals surface area contributed by atoms with E-state index in [1.165, 1.54) is 0 Å². The largest absolute Gasteiger partial charge is 0.368 e. The first-order valence-corrected chi connectivity index (χ1v) is 8.71. The van der Waals surface area contributed by atoms with Crippen LogP contribution in [-0.4, -0.2) is 41.5 Å². The summed E-state index contributed by atoms with van der Waals surface area (Å²) in [4.78, 5) is 21.1. The van der Waals surface area contributed by atoms with Gasteiger partial charge in [0.1, 0.15) is 6.04 Å². The molecular formula is C17H22N4OS. The Morgan fingerprint density at radius 2 is 2.09 bits per heavy atom. The molecule has 1 amide bonds. The molecule has 1 fully saturated rings. The molecule has 1 aliphatic rings. The molecule has 2 atom stereocenters. The van der Waals surface area contributed by atoms with Crippen molar-refractivity contribution in [1.82, 2.24) is 9.88 Å². The maximum absolute atomic E-state index is 12.0. The van der Waals surface area contributed by atoms with Gasteiger partial charge in [-0.2, -0.15) is 0 Å². The highest BCUT2D eigenvalue weighted by atomic mass is 32.1. The van der Waals surface area contributed by atoms with Crippen molar-refractivity contribution < 1.29 is 4.79 Å². The predicted octanol–water partition coefficient (Wildman–Crippen LogP) is 2.19. The maximum Gasteiger partial charge on any atom is 0.239 e. The Bertz CT molecular complexity index is 672. The zero-order valence-corrected chi connectivity index (χ0v) is 14.3. The molecule has 0 aliphatic carbocycles. The third kappa shape index (κ3) is 3.38. The number of carbonyl (C=O) groups is 1. The van der Waals surface area contributed by atoms with Crippen LogP contribution in [0, 0.1) is 6.92 Å². The van der Waals surface area contributed by atoms with Crippen LogP contribution in [0.2, 0.25) is 0 Å². The second-order valence-electron chi connectivity index (χ2n) is 6.02. The Morgan fingerprint density at radius 3 is 2.65 bits per heavy atom. The fourth-order valence-corrected chi connectivity index (χ4v) is 4.10. The smallest absolute Gasteiger partial charge is 0.239 e. The third-order valence-electron chi connectivity index (χ3n) is 4.26. The lowest BCUT2D eigenvalue weighted by Crippen LogP contribution is -2.54. The van der Waals surface area contributed by atoms with E-state index in [9.17, 15) is 4.79 Å². The van der Waals surface area contributed by atoms with Crippen LogP contribution in [-0.2, 0) is 4.79 Å². The Labute approximate surface area is 140 Å². The highest BCUT2D eigenvalue weighted by molar-refractivity contribution is 7.13. The van der Waals surface area contributed by atoms with Gasteiger partial charge in [0, 0.05) is 31.1 Å². The van der Waals surface area contributed by atoms with E-state index in [0.717, 1.165) is 36.0 Å². The van der Waals surface area contributed by atoms with Gasteiger partial charge in [-0.25, -0.2) is 4.98 Å². The van der Waals surface area contributed by atoms with Gasteiger partial charge in [-0.05, 0) is 19.4 Å². The molecule has 0 bridgehead atoms. The molecule has 2 N–H and O–H groups in total. The molecule has 0 spiro atoms. The quantitative estimate of drug-likeness (QED) is 0.933. The number of benzene rings is 1. The fraction of sp³-hybridized carbons (Fsp3) is 0.412. The second kappa shape index (κ2) is 6.68. The number of anilines is 1. The van der Waals surface area contributed by atoms with Crippen molar-refractivity contribution in [2.45, 2.75) is 25.9 Å². The average molecular weight is 330 g/mol. The highest BCUT2D eigenvalue weighted by Gasteiger charge is 2.32. The number of nitrogens with two attached hydrogens (primary N) is 1. The van der Waals surface area contributed by atoms with Gasteiger partial charge in [-0.1, -0.05) is 30.3 Å². The third-order valence-corrected chi connectivity index (χ3v) is 5.26. The number of aromatic nitrogens is 1. The van der Waals surface area contributed by atoms with Crippen LogP contribution >= 0.6 is 11.3 Å². The number of hydrogen-bond acceptors (Lipinski definition) is 5. The first kappa shape index (κ1) is 16.0. The summed E-state index contributed by atoms with van der Waals surface area (Å²) >= 11 is 1.68. The standard InChI is InChI=1S/C17H22N4OS/c1-12-11-23-17(19-12)21-9-8-20(10-13(21)2)15(16(18)22)14-6-4-3-5-7-14/h3-7,11,13,15H,8-10H2,1-2H3,(H2,18,22)/t13-,15-/m1/s1. The lowest BCUT2D eigenvalue weighted by molar-refractivity contribution is -0.123. The molecule has 1 saturated heterocycles. The Kier molecular flexibility index (Phi) is 4.63. The monoisotopic (exact) mass is 330 g/mol. The zero-order chi connectivity index (χ0) is 16.4. The molecule has 2 heterocycles. The number of piperazine rings is 1. The average Bonchev–Trinajstić information content (AvgIpc) is 2.94. The highest BCUT2D eigenvalue weighted by Crippen LogP contribution is 2.28. The number of nitrogens with zero attached hydrogens (tertiary/aromatic N) is 3. The van der Waals surface area contributed by atoms with Crippen molar-refractivity contribution in [1.29, 1.82) is 0 Å². The topological polar surface area (TPSA) is 62.5 Å². The molecular weight excluding hydrogens is 308 g/mol. The molecule has 3 rings (SSSR count). The van der Waals surface area contributed by atoms with Crippen molar-refractivity contribution in [3.63, 3.8) is 0 Å². The molecule has 1 aromatic carbocycles. The Balaban J connectivity index is 1.76. The number of hydrogen-bond donors (Lipinski definition) is 1. The molecule has 2 aromatic rings. The van der Waals surface area contributed by atoms with Crippen molar-refractivity contribution in [2.24, 2.45) is 5.73 Å². The molecule has 1 aromatic heterocycles. The molecule has 1 aliphatic heterocycles. The zero-order valence-electron chi connectivity index (χ0n) is 13.5. The number of primary amides is 1. The van der Waals surface area contributed by atoms with E-state index in [1.54, 1.807) is 11.3 Å². The van der Waals surface area contributed by atoms with Gasteiger partial charge in [-0.3, -0.25) is 9.69 Å². The van der Waals surface area contributed by atoms with Crippen LogP contribution in [0.3, 0.4) is 0 Å². The maximum atomic E-state index is 12.0. The van der Waals surface area contributed by atoms with Gasteiger partial charge in [0.05, 0.1) is 5.69 Å². The van der Waals surface area contributed by atoms with E-state index < -0.39 is 0 Å². The summed E-state index contributed by atoms with van der Waals surface area (Å²) in [5.74, 6) is -0.290. The normalized spacial score (nSPS) is 20.4. The summed E-state index contributed by atoms with van der Waals surface area (Å²) in [5, 5.41) is 3.13. The molecule has 23 heavy (non-hydrogen) atoms. The van der Waals surface area contributed by atoms with Crippen molar-refractivity contribution >= 4 is 22.4 Å². The minimum atomic E-state index is -0.362. The number of rotatable bonds is 4. The van der Waals surface area contributed by atoms with Gasteiger partial charge in [0.15, 0.2) is 5.13 Å². The van der Waals surface area contributed by atoms with E-state index in [-0.39, 0.29) is 11.9 Å². The van der Waals surface area contributed by atoms with E-state index in [1.807, 2.05) is 37.3 Å². The minimum absolute atomic E-state index is 0.290. The van der Waals surface area contributed by atoms with Gasteiger partial charge < -0.3 is 10.6 Å². The van der Waals surface area contributed by atoms with Crippen LogP contribution < -0.4 is 10.6 Å². The summed E-state index contributed by atoms with van der Waals surface area (Å²) in [6.07, 6.45) is 0. The Hall–Kier alpha value is -1.92. The summed E-state index contributed by atoms with van der Waals surface area (Å²) in [6, 6.07) is 9.71. The number of aryl methyl sites for hydroxylation is 1. The van der Waals surface area contributed by atoms with Crippen molar-refractivity contribution in [3.8, 4) is 0 Å². The molecule has 0 unspecified atom stereocenters. The molecule has 6 heteroatoms. The van der Waals surface area contributed by atoms with Gasteiger partial charge in [0.2, 0.25) is 5.91 Å². The van der Waals surface area contributed by atoms with Crippen LogP contribution in [0.4, 0.5) is 5.13 Å². The van der Waals surface area contributed by atoms with Crippen LogP contribution in [0.5, 0.6) is 0 Å². The minimum Gasteiger partial charge on any atom is -0.368 e. The second-order valence-corrected chi connectivity index (χ2v) is 6.86. The van der Waals surface area contributed by atoms with E-state index in [0.29, 0.717) is 6.04 Å². The SMILES string of the molecule is Cc1csc(N2CCN([C@@H](C(N)=O)c3ccccc3)C[C@H]2C)n1. The van der Waals surface area contributed by atoms with Crippen LogP contribution in [0.15, 0.2) is 35.7 Å². The lowest BCUT2D eigenvalue weighted by Gasteiger charge is -2.42. The molecule has 0 radical (unpaired) electrons.